The molecule has 0 unspecified atom stereocenters. The molecule has 0 heterocycles. The maximum absolute atomic E-state index is 11.5. The summed E-state index contributed by atoms with van der Waals surface area (Å²) in [6.45, 7) is 30.3. The normalized spacial score (nSPS) is 14.0. The number of phenolic OH excluding ortho intramolecular Hbond substituents is 2. The Bertz CT molecular complexity index is 944. The summed E-state index contributed by atoms with van der Waals surface area (Å²) in [5.41, 5.74) is 4.89. The van der Waals surface area contributed by atoms with E-state index in [0.717, 1.165) is 33.4 Å². The van der Waals surface area contributed by atoms with Crippen molar-refractivity contribution in [3.05, 3.63) is 57.6 Å². The molecule has 2 N–H and O–H groups in total. The Kier molecular flexibility index (Phi) is 6.67. The zero-order valence-electron chi connectivity index (χ0n) is 23.7. The van der Waals surface area contributed by atoms with Crippen LogP contribution in [0.5, 0.6) is 11.5 Å². The Morgan fingerprint density at radius 2 is 0.636 bits per heavy atom. The van der Waals surface area contributed by atoms with E-state index in [4.69, 9.17) is 0 Å². The van der Waals surface area contributed by atoms with Gasteiger partial charge in [0.1, 0.15) is 11.5 Å². The first-order chi connectivity index (χ1) is 14.5. The first-order valence-electron chi connectivity index (χ1n) is 12.3. The van der Waals surface area contributed by atoms with E-state index in [0.29, 0.717) is 11.5 Å². The van der Waals surface area contributed by atoms with Crippen molar-refractivity contribution in [3.63, 3.8) is 0 Å². The van der Waals surface area contributed by atoms with Gasteiger partial charge in [-0.2, -0.15) is 0 Å². The average molecular weight is 453 g/mol. The minimum Gasteiger partial charge on any atom is -0.507 e. The summed E-state index contributed by atoms with van der Waals surface area (Å²) >= 11 is 0. The summed E-state index contributed by atoms with van der Waals surface area (Å²) in [5, 5.41) is 23.1. The van der Waals surface area contributed by atoms with Gasteiger partial charge in [-0.1, -0.05) is 121 Å². The largest absolute Gasteiger partial charge is 0.507 e. The lowest BCUT2D eigenvalue weighted by atomic mass is 9.65. The third-order valence-corrected chi connectivity index (χ3v) is 6.82. The van der Waals surface area contributed by atoms with E-state index in [1.54, 1.807) is 0 Å². The first kappa shape index (κ1) is 27.3. The summed E-state index contributed by atoms with van der Waals surface area (Å²) in [4.78, 5) is 0. The summed E-state index contributed by atoms with van der Waals surface area (Å²) in [6, 6.07) is 8.56. The van der Waals surface area contributed by atoms with Crippen molar-refractivity contribution in [2.24, 2.45) is 0 Å². The Labute approximate surface area is 203 Å². The van der Waals surface area contributed by atoms with Crippen LogP contribution in [0.1, 0.15) is 130 Å². The van der Waals surface area contributed by atoms with Gasteiger partial charge in [0.15, 0.2) is 0 Å². The standard InChI is InChI=1S/C31H48O2/c1-27(2,3)21-17-15-19(23(25(21)32)29(7,8)9)31(13,14)20-16-18-22(28(4,5)6)26(33)24(20)30(10,11)12/h15-18,32-33H,1-14H3. The van der Waals surface area contributed by atoms with Crippen molar-refractivity contribution in [2.75, 3.05) is 0 Å². The summed E-state index contributed by atoms with van der Waals surface area (Å²) in [5.74, 6) is 0.793. The second-order valence-corrected chi connectivity index (χ2v) is 14.4. The first-order valence-corrected chi connectivity index (χ1v) is 12.3. The van der Waals surface area contributed by atoms with Crippen LogP contribution < -0.4 is 0 Å². The molecule has 0 spiro atoms. The van der Waals surface area contributed by atoms with Crippen molar-refractivity contribution in [1.29, 1.82) is 0 Å². The Morgan fingerprint density at radius 3 is 0.848 bits per heavy atom. The number of aromatic hydroxyl groups is 2. The van der Waals surface area contributed by atoms with Gasteiger partial charge in [-0.05, 0) is 43.9 Å². The van der Waals surface area contributed by atoms with Crippen molar-refractivity contribution in [3.8, 4) is 11.5 Å². The molecule has 0 aromatic heterocycles. The molecule has 2 aromatic carbocycles. The fraction of sp³-hybridized carbons (Fsp3) is 0.613. The molecular formula is C31H48O2. The molecular weight excluding hydrogens is 404 g/mol. The van der Waals surface area contributed by atoms with Crippen LogP contribution in [0.2, 0.25) is 0 Å². The molecule has 2 nitrogen and oxygen atoms in total. The molecule has 0 atom stereocenters. The lowest BCUT2D eigenvalue weighted by Crippen LogP contribution is -2.30. The van der Waals surface area contributed by atoms with Gasteiger partial charge in [-0.25, -0.2) is 0 Å². The fourth-order valence-electron chi connectivity index (χ4n) is 5.10. The maximum atomic E-state index is 11.5. The van der Waals surface area contributed by atoms with Crippen LogP contribution in [0.15, 0.2) is 24.3 Å². The van der Waals surface area contributed by atoms with Gasteiger partial charge in [0, 0.05) is 16.5 Å². The fourth-order valence-corrected chi connectivity index (χ4v) is 5.10. The van der Waals surface area contributed by atoms with E-state index < -0.39 is 5.41 Å². The van der Waals surface area contributed by atoms with E-state index in [-0.39, 0.29) is 21.7 Å². The van der Waals surface area contributed by atoms with Crippen LogP contribution in [0.25, 0.3) is 0 Å². The van der Waals surface area contributed by atoms with Gasteiger partial charge in [0.25, 0.3) is 0 Å². The number of hydrogen-bond donors (Lipinski definition) is 2. The average Bonchev–Trinajstić information content (AvgIpc) is 2.56. The summed E-state index contributed by atoms with van der Waals surface area (Å²) in [6.07, 6.45) is 0. The Morgan fingerprint density at radius 1 is 0.394 bits per heavy atom. The number of rotatable bonds is 2. The molecule has 0 saturated heterocycles. The van der Waals surface area contributed by atoms with Crippen LogP contribution in [0.4, 0.5) is 0 Å². The smallest absolute Gasteiger partial charge is 0.123 e. The third kappa shape index (κ3) is 5.10. The van der Waals surface area contributed by atoms with Crippen LogP contribution in [0, 0.1) is 0 Å². The highest BCUT2D eigenvalue weighted by atomic mass is 16.3. The van der Waals surface area contributed by atoms with E-state index in [9.17, 15) is 10.2 Å². The molecule has 2 aromatic rings. The van der Waals surface area contributed by atoms with Crippen LogP contribution in [0.3, 0.4) is 0 Å². The summed E-state index contributed by atoms with van der Waals surface area (Å²) in [7, 11) is 0. The minimum absolute atomic E-state index is 0.157. The van der Waals surface area contributed by atoms with Crippen molar-refractivity contribution < 1.29 is 10.2 Å². The second-order valence-electron chi connectivity index (χ2n) is 14.4. The van der Waals surface area contributed by atoms with Crippen molar-refractivity contribution in [1.82, 2.24) is 0 Å². The maximum Gasteiger partial charge on any atom is 0.123 e. The van der Waals surface area contributed by atoms with Gasteiger partial charge in [0.05, 0.1) is 0 Å². The molecule has 0 bridgehead atoms. The van der Waals surface area contributed by atoms with Gasteiger partial charge in [-0.15, -0.1) is 0 Å². The van der Waals surface area contributed by atoms with Gasteiger partial charge in [0.2, 0.25) is 0 Å². The predicted molar refractivity (Wildman–Crippen MR) is 143 cm³/mol. The number of benzene rings is 2. The van der Waals surface area contributed by atoms with Crippen molar-refractivity contribution in [2.45, 2.75) is 124 Å². The topological polar surface area (TPSA) is 40.5 Å². The molecule has 0 fully saturated rings. The third-order valence-electron chi connectivity index (χ3n) is 6.82. The molecule has 0 aliphatic rings. The zero-order valence-corrected chi connectivity index (χ0v) is 23.7. The molecule has 0 amide bonds. The Balaban J connectivity index is 2.99. The van der Waals surface area contributed by atoms with E-state index in [1.165, 1.54) is 0 Å². The summed E-state index contributed by atoms with van der Waals surface area (Å²) < 4.78 is 0. The van der Waals surface area contributed by atoms with Crippen LogP contribution >= 0.6 is 0 Å². The highest BCUT2D eigenvalue weighted by Crippen LogP contribution is 2.50. The molecule has 2 heteroatoms. The van der Waals surface area contributed by atoms with E-state index >= 15 is 0 Å². The predicted octanol–water partition coefficient (Wildman–Crippen LogP) is 8.61. The molecule has 0 aliphatic heterocycles. The molecule has 2 rings (SSSR count). The highest BCUT2D eigenvalue weighted by molar-refractivity contribution is 5.60. The lowest BCUT2D eigenvalue weighted by Gasteiger charge is -2.39. The van der Waals surface area contributed by atoms with E-state index in [1.807, 2.05) is 0 Å². The molecule has 0 aliphatic carbocycles. The van der Waals surface area contributed by atoms with Gasteiger partial charge in [-0.3, -0.25) is 0 Å². The van der Waals surface area contributed by atoms with E-state index in [2.05, 4.69) is 121 Å². The molecule has 0 saturated carbocycles. The quantitative estimate of drug-likeness (QED) is 0.479. The highest BCUT2D eigenvalue weighted by Gasteiger charge is 2.39. The SMILES string of the molecule is CC(C)(C)c1ccc(C(C)(C)c2ccc(C(C)(C)C)c(O)c2C(C)(C)C)c(C(C)(C)C)c1O. The number of hydrogen-bond acceptors (Lipinski definition) is 2. The molecule has 33 heavy (non-hydrogen) atoms. The molecule has 0 radical (unpaired) electrons. The minimum atomic E-state index is -0.424. The monoisotopic (exact) mass is 452 g/mol. The Hall–Kier alpha value is -1.96. The van der Waals surface area contributed by atoms with Gasteiger partial charge >= 0.3 is 0 Å². The van der Waals surface area contributed by atoms with Gasteiger partial charge < -0.3 is 10.2 Å². The van der Waals surface area contributed by atoms with Crippen LogP contribution in [-0.4, -0.2) is 10.2 Å². The van der Waals surface area contributed by atoms with Crippen LogP contribution in [-0.2, 0) is 27.1 Å². The number of phenols is 2. The lowest BCUT2D eigenvalue weighted by molar-refractivity contribution is 0.410. The van der Waals surface area contributed by atoms with Crippen molar-refractivity contribution >= 4 is 0 Å². The second kappa shape index (κ2) is 8.07. The molecule has 184 valence electrons. The zero-order chi connectivity index (χ0) is 25.9.